The standard InChI is InChI=1S/C11H16O3/c1-4-5-14-11-7-9(12-2)6-10(8-11)13-3/h6-8H,4-5H2,1-3H3. The lowest BCUT2D eigenvalue weighted by Gasteiger charge is -2.09. The summed E-state index contributed by atoms with van der Waals surface area (Å²) in [6, 6.07) is 5.51. The first-order valence-corrected chi connectivity index (χ1v) is 4.66. The van der Waals surface area contributed by atoms with Crippen LogP contribution in [0.15, 0.2) is 18.2 Å². The Balaban J connectivity index is 2.81. The molecule has 1 rings (SSSR count). The molecule has 0 aromatic heterocycles. The Morgan fingerprint density at radius 2 is 1.43 bits per heavy atom. The van der Waals surface area contributed by atoms with Crippen LogP contribution in [0.4, 0.5) is 0 Å². The number of hydrogen-bond donors (Lipinski definition) is 0. The number of hydrogen-bond acceptors (Lipinski definition) is 3. The first kappa shape index (κ1) is 10.7. The van der Waals surface area contributed by atoms with E-state index < -0.39 is 0 Å². The lowest BCUT2D eigenvalue weighted by molar-refractivity contribution is 0.311. The van der Waals surface area contributed by atoms with E-state index in [1.165, 1.54) is 0 Å². The summed E-state index contributed by atoms with van der Waals surface area (Å²) in [6.45, 7) is 2.77. The van der Waals surface area contributed by atoms with Crippen LogP contribution in [0.1, 0.15) is 13.3 Å². The first-order chi connectivity index (χ1) is 6.80. The third-order valence-electron chi connectivity index (χ3n) is 1.80. The Kier molecular flexibility index (Phi) is 4.11. The van der Waals surface area contributed by atoms with E-state index in [0.717, 1.165) is 23.7 Å². The zero-order valence-corrected chi connectivity index (χ0v) is 8.87. The summed E-state index contributed by atoms with van der Waals surface area (Å²) in [5, 5.41) is 0. The molecule has 1 aromatic carbocycles. The minimum atomic E-state index is 0.705. The molecule has 78 valence electrons. The molecule has 14 heavy (non-hydrogen) atoms. The van der Waals surface area contributed by atoms with Crippen LogP contribution in [-0.2, 0) is 0 Å². The Morgan fingerprint density at radius 3 is 1.86 bits per heavy atom. The summed E-state index contributed by atoms with van der Waals surface area (Å²) in [6.07, 6.45) is 0.986. The predicted molar refractivity (Wildman–Crippen MR) is 55.3 cm³/mol. The molecule has 0 bridgehead atoms. The summed E-state index contributed by atoms with van der Waals surface area (Å²) in [5.74, 6) is 2.27. The Hall–Kier alpha value is -1.38. The summed E-state index contributed by atoms with van der Waals surface area (Å²) in [7, 11) is 3.25. The fourth-order valence-electron chi connectivity index (χ4n) is 1.08. The molecular formula is C11H16O3. The molecule has 0 unspecified atom stereocenters. The van der Waals surface area contributed by atoms with E-state index in [4.69, 9.17) is 14.2 Å². The van der Waals surface area contributed by atoms with Crippen molar-refractivity contribution in [2.24, 2.45) is 0 Å². The first-order valence-electron chi connectivity index (χ1n) is 4.66. The molecule has 3 nitrogen and oxygen atoms in total. The van der Waals surface area contributed by atoms with E-state index in [-0.39, 0.29) is 0 Å². The highest BCUT2D eigenvalue weighted by Crippen LogP contribution is 2.27. The molecule has 0 saturated carbocycles. The molecule has 0 amide bonds. The van der Waals surface area contributed by atoms with Crippen molar-refractivity contribution in [3.8, 4) is 17.2 Å². The van der Waals surface area contributed by atoms with E-state index in [2.05, 4.69) is 6.92 Å². The van der Waals surface area contributed by atoms with Crippen molar-refractivity contribution in [1.29, 1.82) is 0 Å². The highest BCUT2D eigenvalue weighted by molar-refractivity contribution is 5.41. The maximum absolute atomic E-state index is 5.48. The molecule has 0 heterocycles. The molecule has 0 spiro atoms. The van der Waals surface area contributed by atoms with E-state index in [1.807, 2.05) is 18.2 Å². The van der Waals surface area contributed by atoms with Crippen LogP contribution in [0.2, 0.25) is 0 Å². The molecule has 0 atom stereocenters. The van der Waals surface area contributed by atoms with E-state index in [0.29, 0.717) is 6.61 Å². The molecule has 0 fully saturated rings. The largest absolute Gasteiger partial charge is 0.496 e. The lowest BCUT2D eigenvalue weighted by Crippen LogP contribution is -1.96. The van der Waals surface area contributed by atoms with Crippen molar-refractivity contribution in [2.75, 3.05) is 20.8 Å². The van der Waals surface area contributed by atoms with Crippen LogP contribution in [-0.4, -0.2) is 20.8 Å². The summed E-state index contributed by atoms with van der Waals surface area (Å²) in [4.78, 5) is 0. The molecule has 0 N–H and O–H groups in total. The van der Waals surface area contributed by atoms with Gasteiger partial charge in [-0.25, -0.2) is 0 Å². The second kappa shape index (κ2) is 5.37. The van der Waals surface area contributed by atoms with E-state index >= 15 is 0 Å². The molecule has 0 aliphatic rings. The molecule has 0 saturated heterocycles. The van der Waals surface area contributed by atoms with Gasteiger partial charge >= 0.3 is 0 Å². The van der Waals surface area contributed by atoms with Gasteiger partial charge in [-0.2, -0.15) is 0 Å². The number of ether oxygens (including phenoxy) is 3. The number of rotatable bonds is 5. The van der Waals surface area contributed by atoms with Crippen LogP contribution in [0, 0.1) is 0 Å². The summed E-state index contributed by atoms with van der Waals surface area (Å²) in [5.41, 5.74) is 0. The van der Waals surface area contributed by atoms with Gasteiger partial charge in [-0.15, -0.1) is 0 Å². The van der Waals surface area contributed by atoms with Crippen LogP contribution < -0.4 is 14.2 Å². The second-order valence-corrected chi connectivity index (χ2v) is 2.90. The van der Waals surface area contributed by atoms with Crippen molar-refractivity contribution in [1.82, 2.24) is 0 Å². The van der Waals surface area contributed by atoms with Crippen molar-refractivity contribution < 1.29 is 14.2 Å². The minimum Gasteiger partial charge on any atom is -0.496 e. The molecule has 0 aliphatic heterocycles. The SMILES string of the molecule is CCCOc1cc(OC)cc(OC)c1. The van der Waals surface area contributed by atoms with E-state index in [9.17, 15) is 0 Å². The fraction of sp³-hybridized carbons (Fsp3) is 0.455. The van der Waals surface area contributed by atoms with Crippen LogP contribution in [0.25, 0.3) is 0 Å². The monoisotopic (exact) mass is 196 g/mol. The Labute approximate surface area is 84.6 Å². The fourth-order valence-corrected chi connectivity index (χ4v) is 1.08. The third kappa shape index (κ3) is 2.83. The van der Waals surface area contributed by atoms with Gasteiger partial charge in [0.05, 0.1) is 20.8 Å². The average Bonchev–Trinajstić information content (AvgIpc) is 2.25. The van der Waals surface area contributed by atoms with Gasteiger partial charge < -0.3 is 14.2 Å². The second-order valence-electron chi connectivity index (χ2n) is 2.90. The quantitative estimate of drug-likeness (QED) is 0.724. The summed E-state index contributed by atoms with van der Waals surface area (Å²) >= 11 is 0. The highest BCUT2D eigenvalue weighted by Gasteiger charge is 2.01. The maximum atomic E-state index is 5.48. The van der Waals surface area contributed by atoms with Gasteiger partial charge in [0.25, 0.3) is 0 Å². The maximum Gasteiger partial charge on any atom is 0.126 e. The molecule has 1 aromatic rings. The molecule has 0 aliphatic carbocycles. The number of benzene rings is 1. The smallest absolute Gasteiger partial charge is 0.126 e. The van der Waals surface area contributed by atoms with Crippen molar-refractivity contribution >= 4 is 0 Å². The third-order valence-corrected chi connectivity index (χ3v) is 1.80. The normalized spacial score (nSPS) is 9.64. The topological polar surface area (TPSA) is 27.7 Å². The Morgan fingerprint density at radius 1 is 0.929 bits per heavy atom. The van der Waals surface area contributed by atoms with E-state index in [1.54, 1.807) is 14.2 Å². The van der Waals surface area contributed by atoms with Gasteiger partial charge in [-0.05, 0) is 6.42 Å². The van der Waals surface area contributed by atoms with Gasteiger partial charge in [0, 0.05) is 18.2 Å². The molecular weight excluding hydrogens is 180 g/mol. The van der Waals surface area contributed by atoms with Crippen LogP contribution in [0.3, 0.4) is 0 Å². The van der Waals surface area contributed by atoms with Crippen molar-refractivity contribution in [3.05, 3.63) is 18.2 Å². The zero-order chi connectivity index (χ0) is 10.4. The Bertz CT molecular complexity index is 262. The van der Waals surface area contributed by atoms with Crippen molar-refractivity contribution in [2.45, 2.75) is 13.3 Å². The van der Waals surface area contributed by atoms with Crippen LogP contribution in [0.5, 0.6) is 17.2 Å². The summed E-state index contributed by atoms with van der Waals surface area (Å²) < 4.78 is 15.7. The average molecular weight is 196 g/mol. The highest BCUT2D eigenvalue weighted by atomic mass is 16.5. The van der Waals surface area contributed by atoms with Crippen LogP contribution >= 0.6 is 0 Å². The van der Waals surface area contributed by atoms with Gasteiger partial charge in [0.1, 0.15) is 17.2 Å². The predicted octanol–water partition coefficient (Wildman–Crippen LogP) is 2.49. The van der Waals surface area contributed by atoms with Crippen molar-refractivity contribution in [3.63, 3.8) is 0 Å². The zero-order valence-electron chi connectivity index (χ0n) is 8.87. The molecule has 3 heteroatoms. The van der Waals surface area contributed by atoms with Gasteiger partial charge in [0.2, 0.25) is 0 Å². The lowest BCUT2D eigenvalue weighted by atomic mass is 10.3. The van der Waals surface area contributed by atoms with Gasteiger partial charge in [-0.1, -0.05) is 6.92 Å². The minimum absolute atomic E-state index is 0.705. The van der Waals surface area contributed by atoms with Gasteiger partial charge in [0.15, 0.2) is 0 Å². The number of methoxy groups -OCH3 is 2. The molecule has 0 radical (unpaired) electrons. The van der Waals surface area contributed by atoms with Gasteiger partial charge in [-0.3, -0.25) is 0 Å².